The quantitative estimate of drug-likeness (QED) is 0.586. The monoisotopic (exact) mass is 268 g/mol. The summed E-state index contributed by atoms with van der Waals surface area (Å²) in [5, 5.41) is 23.5. The molecule has 0 aliphatic rings. The van der Waals surface area contributed by atoms with Crippen molar-refractivity contribution in [2.75, 3.05) is 19.0 Å². The molecule has 2 N–H and O–H groups in total. The zero-order chi connectivity index (χ0) is 14.4. The number of nitro benzene ring substituents is 1. The van der Waals surface area contributed by atoms with E-state index in [-0.39, 0.29) is 11.4 Å². The minimum atomic E-state index is -0.490. The molecule has 19 heavy (non-hydrogen) atoms. The van der Waals surface area contributed by atoms with Crippen LogP contribution in [0.1, 0.15) is 20.3 Å². The molecule has 0 aromatic heterocycles. The number of nitrogens with zero attached hydrogens (tertiary/aromatic N) is 1. The molecular weight excluding hydrogens is 248 g/mol. The molecule has 0 heterocycles. The molecule has 1 atom stereocenters. The summed E-state index contributed by atoms with van der Waals surface area (Å²) in [6, 6.07) is 4.54. The van der Waals surface area contributed by atoms with Gasteiger partial charge in [-0.1, -0.05) is 13.8 Å². The van der Waals surface area contributed by atoms with Crippen LogP contribution in [0, 0.1) is 16.0 Å². The Bertz CT molecular complexity index is 435. The van der Waals surface area contributed by atoms with Crippen LogP contribution in [0.15, 0.2) is 18.2 Å². The van der Waals surface area contributed by atoms with Crippen molar-refractivity contribution in [1.29, 1.82) is 0 Å². The Hall–Kier alpha value is -1.82. The summed E-state index contributed by atoms with van der Waals surface area (Å²) in [5.41, 5.74) is 0.612. The van der Waals surface area contributed by atoms with Crippen molar-refractivity contribution in [3.8, 4) is 5.75 Å². The first kappa shape index (κ1) is 15.2. The number of hydrogen-bond donors (Lipinski definition) is 2. The van der Waals surface area contributed by atoms with Crippen LogP contribution in [0.5, 0.6) is 5.75 Å². The van der Waals surface area contributed by atoms with E-state index in [1.807, 2.05) is 13.8 Å². The smallest absolute Gasteiger partial charge is 0.311 e. The molecule has 0 aliphatic carbocycles. The minimum Gasteiger partial charge on any atom is -0.490 e. The summed E-state index contributed by atoms with van der Waals surface area (Å²) in [6.45, 7) is 4.48. The van der Waals surface area contributed by atoms with E-state index in [4.69, 9.17) is 4.74 Å². The summed E-state index contributed by atoms with van der Waals surface area (Å²) in [6.07, 6.45) is 0.262. The van der Waals surface area contributed by atoms with Crippen molar-refractivity contribution in [1.82, 2.24) is 0 Å². The molecule has 6 nitrogen and oxygen atoms in total. The average molecular weight is 268 g/mol. The maximum atomic E-state index is 10.7. The van der Waals surface area contributed by atoms with Gasteiger partial charge < -0.3 is 15.2 Å². The molecule has 0 amide bonds. The number of nitrogens with one attached hydrogen (secondary N) is 1. The topological polar surface area (TPSA) is 84.6 Å². The molecule has 1 unspecified atom stereocenters. The summed E-state index contributed by atoms with van der Waals surface area (Å²) >= 11 is 0. The third-order valence-electron chi connectivity index (χ3n) is 2.66. The molecule has 1 rings (SSSR count). The highest BCUT2D eigenvalue weighted by Gasteiger charge is 2.15. The molecule has 106 valence electrons. The Balaban J connectivity index is 2.67. The first-order valence-corrected chi connectivity index (χ1v) is 6.18. The van der Waals surface area contributed by atoms with Gasteiger partial charge in [-0.15, -0.1) is 0 Å². The van der Waals surface area contributed by atoms with Crippen LogP contribution < -0.4 is 10.1 Å². The minimum absolute atomic E-state index is 0.0734. The van der Waals surface area contributed by atoms with E-state index in [2.05, 4.69) is 5.32 Å². The van der Waals surface area contributed by atoms with Gasteiger partial charge in [0.05, 0.1) is 18.1 Å². The van der Waals surface area contributed by atoms with Gasteiger partial charge in [0, 0.05) is 24.4 Å². The van der Waals surface area contributed by atoms with Gasteiger partial charge in [0.15, 0.2) is 5.75 Å². The summed E-state index contributed by atoms with van der Waals surface area (Å²) in [4.78, 5) is 10.3. The van der Waals surface area contributed by atoms with Gasteiger partial charge in [0.2, 0.25) is 0 Å². The largest absolute Gasteiger partial charge is 0.490 e. The van der Waals surface area contributed by atoms with E-state index in [9.17, 15) is 15.2 Å². The lowest BCUT2D eigenvalue weighted by Gasteiger charge is -2.15. The summed E-state index contributed by atoms with van der Waals surface area (Å²) in [5.74, 6) is 0.622. The van der Waals surface area contributed by atoms with E-state index in [0.29, 0.717) is 24.6 Å². The van der Waals surface area contributed by atoms with E-state index < -0.39 is 11.0 Å². The maximum Gasteiger partial charge on any atom is 0.311 e. The third-order valence-corrected chi connectivity index (χ3v) is 2.66. The average Bonchev–Trinajstić information content (AvgIpc) is 2.34. The Labute approximate surface area is 112 Å². The molecule has 0 fully saturated rings. The first-order valence-electron chi connectivity index (χ1n) is 6.18. The second-order valence-electron chi connectivity index (χ2n) is 4.81. The number of ether oxygens (including phenoxy) is 1. The molecule has 0 bridgehead atoms. The molecule has 1 aromatic rings. The maximum absolute atomic E-state index is 10.7. The van der Waals surface area contributed by atoms with Crippen LogP contribution in [0.2, 0.25) is 0 Å². The van der Waals surface area contributed by atoms with Crippen LogP contribution in [0.25, 0.3) is 0 Å². The van der Waals surface area contributed by atoms with E-state index in [0.717, 1.165) is 0 Å². The highest BCUT2D eigenvalue weighted by Crippen LogP contribution is 2.29. The van der Waals surface area contributed by atoms with Gasteiger partial charge in [-0.2, -0.15) is 0 Å². The van der Waals surface area contributed by atoms with Crippen molar-refractivity contribution >= 4 is 11.4 Å². The van der Waals surface area contributed by atoms with Gasteiger partial charge in [-0.3, -0.25) is 10.1 Å². The molecule has 0 saturated heterocycles. The van der Waals surface area contributed by atoms with Crippen LogP contribution in [-0.2, 0) is 0 Å². The molecular formula is C13H20N2O4. The lowest BCUT2D eigenvalue weighted by molar-refractivity contribution is -0.385. The number of rotatable bonds is 7. The fourth-order valence-corrected chi connectivity index (χ4v) is 1.80. The lowest BCUT2D eigenvalue weighted by atomic mass is 10.1. The highest BCUT2D eigenvalue weighted by molar-refractivity contribution is 5.57. The number of nitro groups is 1. The molecule has 0 spiro atoms. The van der Waals surface area contributed by atoms with Crippen molar-refractivity contribution < 1.29 is 14.8 Å². The zero-order valence-electron chi connectivity index (χ0n) is 11.4. The molecule has 0 aliphatic heterocycles. The fraction of sp³-hybridized carbons (Fsp3) is 0.538. The Morgan fingerprint density at radius 1 is 1.47 bits per heavy atom. The molecule has 0 radical (unpaired) electrons. The lowest BCUT2D eigenvalue weighted by Crippen LogP contribution is -2.21. The predicted molar refractivity (Wildman–Crippen MR) is 73.6 cm³/mol. The molecule has 1 aromatic carbocycles. The Morgan fingerprint density at radius 2 is 2.16 bits per heavy atom. The van der Waals surface area contributed by atoms with Gasteiger partial charge in [0.1, 0.15) is 0 Å². The number of anilines is 1. The second kappa shape index (κ2) is 6.94. The van der Waals surface area contributed by atoms with Crippen LogP contribution in [0.3, 0.4) is 0 Å². The Morgan fingerprint density at radius 3 is 2.68 bits per heavy atom. The van der Waals surface area contributed by atoms with Gasteiger partial charge in [-0.25, -0.2) is 0 Å². The van der Waals surface area contributed by atoms with Crippen LogP contribution in [0.4, 0.5) is 11.4 Å². The first-order chi connectivity index (χ1) is 8.93. The van der Waals surface area contributed by atoms with Crippen molar-refractivity contribution in [3.63, 3.8) is 0 Å². The normalized spacial score (nSPS) is 12.3. The fourth-order valence-electron chi connectivity index (χ4n) is 1.80. The van der Waals surface area contributed by atoms with E-state index in [1.54, 1.807) is 12.1 Å². The van der Waals surface area contributed by atoms with Gasteiger partial charge in [-0.05, 0) is 18.4 Å². The molecule has 6 heteroatoms. The SMILES string of the molecule is COc1cc(NCC(O)CC(C)C)ccc1[N+](=O)[O-]. The van der Waals surface area contributed by atoms with Crippen molar-refractivity contribution in [3.05, 3.63) is 28.3 Å². The van der Waals surface area contributed by atoms with Gasteiger partial charge in [0.25, 0.3) is 0 Å². The summed E-state index contributed by atoms with van der Waals surface area (Å²) in [7, 11) is 1.39. The number of methoxy groups -OCH3 is 1. The second-order valence-corrected chi connectivity index (χ2v) is 4.81. The van der Waals surface area contributed by atoms with E-state index >= 15 is 0 Å². The number of benzene rings is 1. The Kier molecular flexibility index (Phi) is 5.57. The molecule has 0 saturated carbocycles. The van der Waals surface area contributed by atoms with Crippen LogP contribution in [-0.4, -0.2) is 29.8 Å². The van der Waals surface area contributed by atoms with E-state index in [1.165, 1.54) is 13.2 Å². The number of aliphatic hydroxyl groups excluding tert-OH is 1. The van der Waals surface area contributed by atoms with Crippen molar-refractivity contribution in [2.24, 2.45) is 5.92 Å². The standard InChI is InChI=1S/C13H20N2O4/c1-9(2)6-11(16)8-14-10-4-5-12(15(17)18)13(7-10)19-3/h4-5,7,9,11,14,16H,6,8H2,1-3H3. The summed E-state index contributed by atoms with van der Waals surface area (Å²) < 4.78 is 4.97. The number of aliphatic hydroxyl groups is 1. The third kappa shape index (κ3) is 4.75. The number of hydrogen-bond acceptors (Lipinski definition) is 5. The zero-order valence-corrected chi connectivity index (χ0v) is 11.4. The highest BCUT2D eigenvalue weighted by atomic mass is 16.6. The van der Waals surface area contributed by atoms with Gasteiger partial charge >= 0.3 is 5.69 Å². The van der Waals surface area contributed by atoms with Crippen molar-refractivity contribution in [2.45, 2.75) is 26.4 Å². The predicted octanol–water partition coefficient (Wildman–Crippen LogP) is 2.42. The van der Waals surface area contributed by atoms with Crippen LogP contribution >= 0.6 is 0 Å².